The van der Waals surface area contributed by atoms with Crippen LogP contribution in [0.2, 0.25) is 5.15 Å². The smallest absolute Gasteiger partial charge is 0.306 e. The normalized spacial score (nSPS) is 12.9. The zero-order valence-electron chi connectivity index (χ0n) is 15.4. The Labute approximate surface area is 166 Å². The van der Waals surface area contributed by atoms with Crippen LogP contribution < -0.4 is 0 Å². The van der Waals surface area contributed by atoms with Crippen molar-refractivity contribution in [3.63, 3.8) is 0 Å². The number of aliphatic carboxylic acids is 1. The van der Waals surface area contributed by atoms with Crippen molar-refractivity contribution in [2.24, 2.45) is 0 Å². The predicted octanol–water partition coefficient (Wildman–Crippen LogP) is 4.77. The van der Waals surface area contributed by atoms with Gasteiger partial charge >= 0.3 is 5.97 Å². The molecule has 0 radical (unpaired) electrons. The summed E-state index contributed by atoms with van der Waals surface area (Å²) in [5.74, 6) is -1.36. The van der Waals surface area contributed by atoms with Crippen LogP contribution in [0.3, 0.4) is 0 Å². The molecule has 3 aromatic rings. The largest absolute Gasteiger partial charge is 0.481 e. The third-order valence-corrected chi connectivity index (χ3v) is 4.68. The van der Waals surface area contributed by atoms with Crippen LogP contribution in [0.25, 0.3) is 22.9 Å². The van der Waals surface area contributed by atoms with Crippen LogP contribution in [0.5, 0.6) is 0 Å². The van der Waals surface area contributed by atoms with Crippen LogP contribution in [0, 0.1) is 5.82 Å². The summed E-state index contributed by atoms with van der Waals surface area (Å²) in [6.07, 6.45) is 1.58. The highest BCUT2D eigenvalue weighted by Gasteiger charge is 2.19. The number of rotatable bonds is 6. The summed E-state index contributed by atoms with van der Waals surface area (Å²) in [6, 6.07) is 9.55. The number of hydrogen-bond acceptors (Lipinski definition) is 3. The predicted molar refractivity (Wildman–Crippen MR) is 107 cm³/mol. The van der Waals surface area contributed by atoms with E-state index in [1.807, 2.05) is 19.9 Å². The topological polar surface area (TPSA) is 74.8 Å². The van der Waals surface area contributed by atoms with Gasteiger partial charge in [0.15, 0.2) is 0 Å². The summed E-state index contributed by atoms with van der Waals surface area (Å²) < 4.78 is 15.0. The first-order valence-corrected chi connectivity index (χ1v) is 9.21. The second-order valence-electron chi connectivity index (χ2n) is 6.81. The van der Waals surface area contributed by atoms with E-state index in [9.17, 15) is 14.3 Å². The molecule has 3 rings (SSSR count). The molecule has 0 fully saturated rings. The Kier molecular flexibility index (Phi) is 5.82. The van der Waals surface area contributed by atoms with Crippen molar-refractivity contribution >= 4 is 29.2 Å². The van der Waals surface area contributed by atoms with Gasteiger partial charge < -0.3 is 10.2 Å². The van der Waals surface area contributed by atoms with Crippen LogP contribution in [0.1, 0.15) is 37.3 Å². The van der Waals surface area contributed by atoms with Gasteiger partial charge in [0, 0.05) is 11.1 Å². The summed E-state index contributed by atoms with van der Waals surface area (Å²) in [7, 11) is 0. The molecule has 5 nitrogen and oxygen atoms in total. The fraction of sp³-hybridized carbons (Fsp3) is 0.238. The number of halogens is 2. The molecule has 0 saturated carbocycles. The maximum absolute atomic E-state index is 13.4. The quantitative estimate of drug-likeness (QED) is 0.623. The summed E-state index contributed by atoms with van der Waals surface area (Å²) >= 11 is 6.29. The third kappa shape index (κ3) is 4.08. The van der Waals surface area contributed by atoms with Gasteiger partial charge in [0.2, 0.25) is 0 Å². The van der Waals surface area contributed by atoms with Gasteiger partial charge in [-0.15, -0.1) is 0 Å². The highest BCUT2D eigenvalue weighted by atomic mass is 35.5. The molecule has 0 amide bonds. The lowest BCUT2D eigenvalue weighted by Crippen LogP contribution is -2.10. The van der Waals surface area contributed by atoms with E-state index in [4.69, 9.17) is 16.7 Å². The average Bonchev–Trinajstić information content (AvgIpc) is 2.99. The summed E-state index contributed by atoms with van der Waals surface area (Å²) in [4.78, 5) is 10.8. The Balaban J connectivity index is 2.26. The first kappa shape index (κ1) is 20.0. The average molecular weight is 403 g/mol. The van der Waals surface area contributed by atoms with Crippen molar-refractivity contribution in [1.82, 2.24) is 9.61 Å². The fourth-order valence-electron chi connectivity index (χ4n) is 3.18. The number of fused-ring (bicyclic) bond motifs is 1. The number of aliphatic hydroxyl groups excluding tert-OH is 1. The lowest BCUT2D eigenvalue weighted by Gasteiger charge is -2.17. The van der Waals surface area contributed by atoms with E-state index in [1.54, 1.807) is 28.8 Å². The van der Waals surface area contributed by atoms with Crippen LogP contribution in [-0.4, -0.2) is 31.9 Å². The van der Waals surface area contributed by atoms with Gasteiger partial charge in [0.1, 0.15) is 11.0 Å². The summed E-state index contributed by atoms with van der Waals surface area (Å²) in [5, 5.41) is 23.9. The molecule has 0 aliphatic carbocycles. The summed E-state index contributed by atoms with van der Waals surface area (Å²) in [5.41, 5.74) is 3.74. The first-order valence-electron chi connectivity index (χ1n) is 8.83. The first-order chi connectivity index (χ1) is 13.3. The molecular formula is C21H20ClFN2O3. The monoisotopic (exact) mass is 402 g/mol. The third-order valence-electron chi connectivity index (χ3n) is 4.39. The molecule has 146 valence electrons. The number of aromatic nitrogens is 2. The highest BCUT2D eigenvalue weighted by molar-refractivity contribution is 6.30. The number of hydrogen-bond donors (Lipinski definition) is 2. The Morgan fingerprint density at radius 1 is 1.25 bits per heavy atom. The second-order valence-corrected chi connectivity index (χ2v) is 7.20. The molecular weight excluding hydrogens is 383 g/mol. The lowest BCUT2D eigenvalue weighted by molar-refractivity contribution is -0.138. The van der Waals surface area contributed by atoms with Gasteiger partial charge in [-0.05, 0) is 47.9 Å². The van der Waals surface area contributed by atoms with Gasteiger partial charge in [-0.3, -0.25) is 4.79 Å². The van der Waals surface area contributed by atoms with E-state index >= 15 is 0 Å². The van der Waals surface area contributed by atoms with E-state index in [0.29, 0.717) is 16.4 Å². The molecule has 0 aliphatic rings. The molecule has 1 aromatic carbocycles. The van der Waals surface area contributed by atoms with Crippen LogP contribution in [0.4, 0.5) is 4.39 Å². The molecule has 2 heterocycles. The minimum Gasteiger partial charge on any atom is -0.481 e. The molecule has 2 N–H and O–H groups in total. The number of aliphatic hydroxyl groups is 1. The van der Waals surface area contributed by atoms with Gasteiger partial charge in [-0.2, -0.15) is 5.10 Å². The number of nitrogens with zero attached hydrogens (tertiary/aromatic N) is 2. The molecule has 28 heavy (non-hydrogen) atoms. The SMILES string of the molecule is CC(C)c1c(/C=C/[C@@H](O)CC(=O)O)c(-c2ccc(F)cc2)nn2c(Cl)ccc12. The van der Waals surface area contributed by atoms with Crippen molar-refractivity contribution < 1.29 is 19.4 Å². The maximum Gasteiger partial charge on any atom is 0.306 e. The minimum absolute atomic E-state index is 0.0898. The van der Waals surface area contributed by atoms with Crippen LogP contribution >= 0.6 is 11.6 Å². The number of carbonyl (C=O) groups is 1. The highest BCUT2D eigenvalue weighted by Crippen LogP contribution is 2.34. The molecule has 0 bridgehead atoms. The van der Waals surface area contributed by atoms with Crippen LogP contribution in [0.15, 0.2) is 42.5 Å². The standard InChI is InChI=1S/C21H20ClFN2O3/c1-12(2)20-16(8-7-15(26)11-19(27)28)21(13-3-5-14(23)6-4-13)24-25-17(20)9-10-18(25)22/h3-10,12,15,26H,11H2,1-2H3,(H,27,28)/b8-7+/t15-/m1/s1. The molecule has 0 saturated heterocycles. The van der Waals surface area contributed by atoms with Crippen molar-refractivity contribution in [3.05, 3.63) is 64.6 Å². The van der Waals surface area contributed by atoms with Gasteiger partial charge in [0.05, 0.1) is 23.7 Å². The molecule has 2 aromatic heterocycles. The van der Waals surface area contributed by atoms with Crippen molar-refractivity contribution in [1.29, 1.82) is 0 Å². The van der Waals surface area contributed by atoms with E-state index in [1.165, 1.54) is 18.2 Å². The van der Waals surface area contributed by atoms with E-state index in [-0.39, 0.29) is 11.7 Å². The number of carboxylic acids is 1. The van der Waals surface area contributed by atoms with Crippen molar-refractivity contribution in [3.8, 4) is 11.3 Å². The number of carboxylic acid groups (broad SMARTS) is 1. The van der Waals surface area contributed by atoms with Gasteiger partial charge in [-0.25, -0.2) is 8.91 Å². The Morgan fingerprint density at radius 3 is 2.54 bits per heavy atom. The molecule has 0 aliphatic heterocycles. The van der Waals surface area contributed by atoms with E-state index < -0.39 is 18.5 Å². The van der Waals surface area contributed by atoms with Gasteiger partial charge in [-0.1, -0.05) is 37.6 Å². The van der Waals surface area contributed by atoms with Crippen molar-refractivity contribution in [2.45, 2.75) is 32.3 Å². The molecule has 0 unspecified atom stereocenters. The second kappa shape index (κ2) is 8.12. The molecule has 7 heteroatoms. The Morgan fingerprint density at radius 2 is 1.93 bits per heavy atom. The summed E-state index contributed by atoms with van der Waals surface area (Å²) in [6.45, 7) is 4.05. The zero-order chi connectivity index (χ0) is 20.4. The fourth-order valence-corrected chi connectivity index (χ4v) is 3.37. The van der Waals surface area contributed by atoms with Crippen molar-refractivity contribution in [2.75, 3.05) is 0 Å². The lowest BCUT2D eigenvalue weighted by atomic mass is 9.93. The zero-order valence-corrected chi connectivity index (χ0v) is 16.2. The van der Waals surface area contributed by atoms with E-state index in [2.05, 4.69) is 5.10 Å². The minimum atomic E-state index is -1.13. The van der Waals surface area contributed by atoms with Crippen LogP contribution in [-0.2, 0) is 4.79 Å². The van der Waals surface area contributed by atoms with E-state index in [0.717, 1.165) is 16.6 Å². The van der Waals surface area contributed by atoms with Gasteiger partial charge in [0.25, 0.3) is 0 Å². The Bertz CT molecular complexity index is 1040. The Hall–Kier alpha value is -2.70. The maximum atomic E-state index is 13.4. The molecule has 0 spiro atoms. The number of benzene rings is 1. The molecule has 1 atom stereocenters.